The number of nitrogen functional groups attached to an aromatic ring is 1. The molecule has 1 aliphatic carbocycles. The zero-order valence-electron chi connectivity index (χ0n) is 13.8. The summed E-state index contributed by atoms with van der Waals surface area (Å²) in [5, 5.41) is 0. The van der Waals surface area contributed by atoms with Gasteiger partial charge in [0.05, 0.1) is 24.1 Å². The standard InChI is InChI=1S/C17H27N3O2/c1-17(2,3)22-16(21)20(15-7-5-4-6-8-15)12-14-10-9-13(18)11-19-14/h9-11,15H,4-8,12,18H2,1-3H3. The number of pyridine rings is 1. The number of carbonyl (C=O) groups excluding carboxylic acids is 1. The third-order valence-electron chi connectivity index (χ3n) is 3.82. The first-order valence-corrected chi connectivity index (χ1v) is 8.05. The molecule has 0 unspecified atom stereocenters. The lowest BCUT2D eigenvalue weighted by atomic mass is 9.94. The number of nitrogens with two attached hydrogens (primary N) is 1. The first-order valence-electron chi connectivity index (χ1n) is 8.05. The quantitative estimate of drug-likeness (QED) is 0.923. The number of hydrogen-bond acceptors (Lipinski definition) is 4. The zero-order valence-corrected chi connectivity index (χ0v) is 13.8. The van der Waals surface area contributed by atoms with Crippen molar-refractivity contribution in [3.63, 3.8) is 0 Å². The summed E-state index contributed by atoms with van der Waals surface area (Å²) in [5.41, 5.74) is 6.66. The van der Waals surface area contributed by atoms with Gasteiger partial charge in [0.15, 0.2) is 0 Å². The number of amides is 1. The predicted molar refractivity (Wildman–Crippen MR) is 87.3 cm³/mol. The van der Waals surface area contributed by atoms with Gasteiger partial charge in [0, 0.05) is 6.04 Å². The molecule has 1 fully saturated rings. The molecule has 122 valence electrons. The number of hydrogen-bond donors (Lipinski definition) is 1. The van der Waals surface area contributed by atoms with Gasteiger partial charge in [-0.25, -0.2) is 4.79 Å². The molecular formula is C17H27N3O2. The molecule has 1 aromatic rings. The highest BCUT2D eigenvalue weighted by atomic mass is 16.6. The molecule has 1 aliphatic rings. The van der Waals surface area contributed by atoms with Gasteiger partial charge < -0.3 is 10.5 Å². The van der Waals surface area contributed by atoms with Crippen molar-refractivity contribution in [3.05, 3.63) is 24.0 Å². The van der Waals surface area contributed by atoms with Crippen LogP contribution >= 0.6 is 0 Å². The Labute approximate surface area is 132 Å². The fraction of sp³-hybridized carbons (Fsp3) is 0.647. The second-order valence-electron chi connectivity index (χ2n) is 6.98. The van der Waals surface area contributed by atoms with E-state index in [0.29, 0.717) is 12.2 Å². The highest BCUT2D eigenvalue weighted by Gasteiger charge is 2.29. The van der Waals surface area contributed by atoms with E-state index in [9.17, 15) is 4.79 Å². The molecule has 1 saturated carbocycles. The molecule has 2 rings (SSSR count). The molecule has 0 saturated heterocycles. The third kappa shape index (κ3) is 4.90. The molecule has 0 aromatic carbocycles. The summed E-state index contributed by atoms with van der Waals surface area (Å²) < 4.78 is 5.58. The summed E-state index contributed by atoms with van der Waals surface area (Å²) in [4.78, 5) is 18.7. The van der Waals surface area contributed by atoms with Gasteiger partial charge in [0.2, 0.25) is 0 Å². The van der Waals surface area contributed by atoms with Crippen LogP contribution in [0.3, 0.4) is 0 Å². The summed E-state index contributed by atoms with van der Waals surface area (Å²) in [6, 6.07) is 3.93. The minimum Gasteiger partial charge on any atom is -0.444 e. The number of carbonyl (C=O) groups is 1. The van der Waals surface area contributed by atoms with E-state index in [1.807, 2.05) is 37.8 Å². The molecule has 2 N–H and O–H groups in total. The number of rotatable bonds is 3. The van der Waals surface area contributed by atoms with Crippen molar-refractivity contribution in [3.8, 4) is 0 Å². The van der Waals surface area contributed by atoms with Crippen LogP contribution in [-0.2, 0) is 11.3 Å². The van der Waals surface area contributed by atoms with Crippen LogP contribution < -0.4 is 5.73 Å². The Morgan fingerprint density at radius 1 is 1.32 bits per heavy atom. The Morgan fingerprint density at radius 3 is 2.55 bits per heavy atom. The highest BCUT2D eigenvalue weighted by Crippen LogP contribution is 2.25. The van der Waals surface area contributed by atoms with E-state index in [0.717, 1.165) is 18.5 Å². The molecule has 5 heteroatoms. The molecule has 0 atom stereocenters. The first kappa shape index (κ1) is 16.6. The lowest BCUT2D eigenvalue weighted by molar-refractivity contribution is 0.00958. The molecule has 5 nitrogen and oxygen atoms in total. The molecule has 0 aliphatic heterocycles. The fourth-order valence-electron chi connectivity index (χ4n) is 2.76. The van der Waals surface area contributed by atoms with Crippen LogP contribution in [0, 0.1) is 0 Å². The third-order valence-corrected chi connectivity index (χ3v) is 3.82. The topological polar surface area (TPSA) is 68.5 Å². The Bertz CT molecular complexity index is 488. The van der Waals surface area contributed by atoms with Crippen molar-refractivity contribution in [1.29, 1.82) is 0 Å². The highest BCUT2D eigenvalue weighted by molar-refractivity contribution is 5.68. The number of anilines is 1. The smallest absolute Gasteiger partial charge is 0.410 e. The fourth-order valence-corrected chi connectivity index (χ4v) is 2.76. The summed E-state index contributed by atoms with van der Waals surface area (Å²) in [7, 11) is 0. The van der Waals surface area contributed by atoms with Crippen LogP contribution in [-0.4, -0.2) is 27.6 Å². The molecule has 1 heterocycles. The number of nitrogens with zero attached hydrogens (tertiary/aromatic N) is 2. The van der Waals surface area contributed by atoms with Gasteiger partial charge in [-0.1, -0.05) is 19.3 Å². The van der Waals surface area contributed by atoms with E-state index in [4.69, 9.17) is 10.5 Å². The first-order chi connectivity index (χ1) is 10.3. The maximum atomic E-state index is 12.6. The van der Waals surface area contributed by atoms with Crippen LogP contribution in [0.1, 0.15) is 58.6 Å². The van der Waals surface area contributed by atoms with Crippen molar-refractivity contribution < 1.29 is 9.53 Å². The predicted octanol–water partition coefficient (Wildman–Crippen LogP) is 3.73. The largest absolute Gasteiger partial charge is 0.444 e. The van der Waals surface area contributed by atoms with Crippen molar-refractivity contribution in [1.82, 2.24) is 9.88 Å². The lowest BCUT2D eigenvalue weighted by Gasteiger charge is -2.35. The molecule has 0 bridgehead atoms. The van der Waals surface area contributed by atoms with Gasteiger partial charge in [0.25, 0.3) is 0 Å². The van der Waals surface area contributed by atoms with Gasteiger partial charge in [-0.3, -0.25) is 9.88 Å². The Kier molecular flexibility index (Phi) is 5.27. The molecule has 0 radical (unpaired) electrons. The van der Waals surface area contributed by atoms with Crippen molar-refractivity contribution in [2.24, 2.45) is 0 Å². The SMILES string of the molecule is CC(C)(C)OC(=O)N(Cc1ccc(N)cn1)C1CCCCC1. The summed E-state index contributed by atoms with van der Waals surface area (Å²) in [6.45, 7) is 6.15. The van der Waals surface area contributed by atoms with Crippen LogP contribution in [0.5, 0.6) is 0 Å². The summed E-state index contributed by atoms with van der Waals surface area (Å²) in [6.07, 6.45) is 7.03. The second-order valence-corrected chi connectivity index (χ2v) is 6.98. The second kappa shape index (κ2) is 6.99. The minimum atomic E-state index is -0.488. The van der Waals surface area contributed by atoms with E-state index >= 15 is 0 Å². The van der Waals surface area contributed by atoms with Crippen molar-refractivity contribution in [2.75, 3.05) is 5.73 Å². The molecular weight excluding hydrogens is 278 g/mol. The van der Waals surface area contributed by atoms with E-state index < -0.39 is 5.60 Å². The molecule has 1 amide bonds. The van der Waals surface area contributed by atoms with Crippen LogP contribution in [0.2, 0.25) is 0 Å². The Balaban J connectivity index is 2.13. The van der Waals surface area contributed by atoms with Gasteiger partial charge in [-0.05, 0) is 45.7 Å². The normalized spacial score (nSPS) is 16.3. The molecule has 22 heavy (non-hydrogen) atoms. The van der Waals surface area contributed by atoms with Crippen molar-refractivity contribution in [2.45, 2.75) is 71.1 Å². The average molecular weight is 305 g/mol. The zero-order chi connectivity index (χ0) is 16.2. The lowest BCUT2D eigenvalue weighted by Crippen LogP contribution is -2.43. The van der Waals surface area contributed by atoms with E-state index in [2.05, 4.69) is 4.98 Å². The van der Waals surface area contributed by atoms with Gasteiger partial charge in [-0.15, -0.1) is 0 Å². The Morgan fingerprint density at radius 2 is 2.00 bits per heavy atom. The minimum absolute atomic E-state index is 0.239. The summed E-state index contributed by atoms with van der Waals surface area (Å²) in [5.74, 6) is 0. The van der Waals surface area contributed by atoms with Crippen LogP contribution in [0.15, 0.2) is 18.3 Å². The maximum absolute atomic E-state index is 12.6. The molecule has 1 aromatic heterocycles. The average Bonchev–Trinajstić information content (AvgIpc) is 2.45. The number of aromatic nitrogens is 1. The van der Waals surface area contributed by atoms with Crippen LogP contribution in [0.25, 0.3) is 0 Å². The van der Waals surface area contributed by atoms with Crippen molar-refractivity contribution >= 4 is 11.8 Å². The summed E-state index contributed by atoms with van der Waals surface area (Å²) >= 11 is 0. The van der Waals surface area contributed by atoms with Crippen LogP contribution in [0.4, 0.5) is 10.5 Å². The van der Waals surface area contributed by atoms with E-state index in [1.54, 1.807) is 6.20 Å². The Hall–Kier alpha value is -1.78. The molecule has 0 spiro atoms. The van der Waals surface area contributed by atoms with E-state index in [-0.39, 0.29) is 12.1 Å². The monoisotopic (exact) mass is 305 g/mol. The number of ether oxygens (including phenoxy) is 1. The van der Waals surface area contributed by atoms with Gasteiger partial charge in [-0.2, -0.15) is 0 Å². The maximum Gasteiger partial charge on any atom is 0.410 e. The van der Waals surface area contributed by atoms with Gasteiger partial charge in [0.1, 0.15) is 5.60 Å². The van der Waals surface area contributed by atoms with Gasteiger partial charge >= 0.3 is 6.09 Å². The van der Waals surface area contributed by atoms with E-state index in [1.165, 1.54) is 19.3 Å².